The minimum absolute atomic E-state index is 0.103. The number of urea groups is 1. The molecule has 142 valence electrons. The second-order valence-corrected chi connectivity index (χ2v) is 7.81. The topological polar surface area (TPSA) is 69.0 Å². The number of hydrogen-bond donors (Lipinski definition) is 2. The summed E-state index contributed by atoms with van der Waals surface area (Å²) >= 11 is 0. The fourth-order valence-corrected chi connectivity index (χ4v) is 3.66. The van der Waals surface area contributed by atoms with E-state index in [0.717, 1.165) is 40.7 Å². The summed E-state index contributed by atoms with van der Waals surface area (Å²) in [6.07, 6.45) is 0. The van der Waals surface area contributed by atoms with Crippen molar-refractivity contribution in [3.63, 3.8) is 0 Å². The molecule has 1 fully saturated rings. The number of furan rings is 1. The monoisotopic (exact) mass is 367 g/mol. The highest BCUT2D eigenvalue weighted by atomic mass is 16.3. The molecule has 0 radical (unpaired) electrons. The number of aliphatic hydroxyl groups is 1. The number of piperazine rings is 1. The molecule has 6 heteroatoms. The van der Waals surface area contributed by atoms with Gasteiger partial charge in [0.1, 0.15) is 11.2 Å². The van der Waals surface area contributed by atoms with Crippen molar-refractivity contribution in [3.8, 4) is 0 Å². The average Bonchev–Trinajstić information content (AvgIpc) is 2.98. The van der Waals surface area contributed by atoms with E-state index in [1.807, 2.05) is 47.4 Å². The van der Waals surface area contributed by atoms with E-state index >= 15 is 0 Å². The van der Waals surface area contributed by atoms with Crippen LogP contribution in [0, 0.1) is 0 Å². The lowest BCUT2D eigenvalue weighted by atomic mass is 10.1. The van der Waals surface area contributed by atoms with Crippen LogP contribution in [0.1, 0.15) is 13.8 Å². The van der Waals surface area contributed by atoms with Gasteiger partial charge in [-0.1, -0.05) is 18.2 Å². The molecule has 1 aliphatic rings. The van der Waals surface area contributed by atoms with Gasteiger partial charge in [-0.15, -0.1) is 0 Å². The molecule has 0 unspecified atom stereocenters. The first-order valence-electron chi connectivity index (χ1n) is 9.31. The van der Waals surface area contributed by atoms with E-state index in [2.05, 4.69) is 10.2 Å². The summed E-state index contributed by atoms with van der Waals surface area (Å²) in [6, 6.07) is 13.6. The second kappa shape index (κ2) is 6.87. The van der Waals surface area contributed by atoms with Crippen molar-refractivity contribution in [2.24, 2.45) is 0 Å². The highest BCUT2D eigenvalue weighted by molar-refractivity contribution is 6.06. The summed E-state index contributed by atoms with van der Waals surface area (Å²) in [5.41, 5.74) is 1.63. The van der Waals surface area contributed by atoms with Crippen molar-refractivity contribution in [1.29, 1.82) is 0 Å². The van der Waals surface area contributed by atoms with Crippen molar-refractivity contribution >= 4 is 33.7 Å². The van der Waals surface area contributed by atoms with E-state index in [0.29, 0.717) is 19.6 Å². The van der Waals surface area contributed by atoms with Gasteiger partial charge in [0, 0.05) is 55.2 Å². The summed E-state index contributed by atoms with van der Waals surface area (Å²) < 4.78 is 5.89. The predicted molar refractivity (Wildman–Crippen MR) is 107 cm³/mol. The van der Waals surface area contributed by atoms with Crippen LogP contribution in [0.25, 0.3) is 21.9 Å². The molecule has 1 aliphatic heterocycles. The van der Waals surface area contributed by atoms with Crippen molar-refractivity contribution in [2.75, 3.05) is 38.0 Å². The quantitative estimate of drug-likeness (QED) is 0.743. The van der Waals surface area contributed by atoms with E-state index in [9.17, 15) is 9.90 Å². The molecule has 0 aliphatic carbocycles. The molecule has 2 aromatic carbocycles. The zero-order valence-electron chi connectivity index (χ0n) is 15.7. The number of amides is 2. The Kier molecular flexibility index (Phi) is 4.53. The van der Waals surface area contributed by atoms with E-state index in [-0.39, 0.29) is 6.03 Å². The first kappa shape index (κ1) is 17.8. The van der Waals surface area contributed by atoms with Gasteiger partial charge in [-0.2, -0.15) is 0 Å². The van der Waals surface area contributed by atoms with Gasteiger partial charge in [0.05, 0.1) is 5.60 Å². The van der Waals surface area contributed by atoms with Gasteiger partial charge in [0.25, 0.3) is 0 Å². The zero-order valence-corrected chi connectivity index (χ0v) is 15.7. The molecule has 0 atom stereocenters. The van der Waals surface area contributed by atoms with Gasteiger partial charge < -0.3 is 19.7 Å². The lowest BCUT2D eigenvalue weighted by Crippen LogP contribution is -2.52. The fourth-order valence-electron chi connectivity index (χ4n) is 3.66. The van der Waals surface area contributed by atoms with Crippen LogP contribution in [0.2, 0.25) is 0 Å². The molecule has 0 saturated carbocycles. The number of carbonyl (C=O) groups excluding carboxylic acids is 1. The van der Waals surface area contributed by atoms with Crippen LogP contribution < -0.4 is 5.32 Å². The SMILES string of the molecule is CC(C)(O)CN1CCN(C(=O)Nc2ccc3c(c2)oc2ccccc23)CC1. The smallest absolute Gasteiger partial charge is 0.321 e. The lowest BCUT2D eigenvalue weighted by molar-refractivity contribution is 0.0231. The largest absolute Gasteiger partial charge is 0.456 e. The van der Waals surface area contributed by atoms with E-state index < -0.39 is 5.60 Å². The minimum Gasteiger partial charge on any atom is -0.456 e. The van der Waals surface area contributed by atoms with Crippen molar-refractivity contribution < 1.29 is 14.3 Å². The summed E-state index contributed by atoms with van der Waals surface area (Å²) in [5, 5.41) is 15.0. The standard InChI is InChI=1S/C21H25N3O3/c1-21(2,26)14-23-9-11-24(12-10-23)20(25)22-15-7-8-17-16-5-3-4-6-18(16)27-19(17)13-15/h3-8,13,26H,9-12,14H2,1-2H3,(H,22,25). The van der Waals surface area contributed by atoms with Crippen LogP contribution in [-0.2, 0) is 0 Å². The summed E-state index contributed by atoms with van der Waals surface area (Å²) in [5.74, 6) is 0. The first-order chi connectivity index (χ1) is 12.9. The second-order valence-electron chi connectivity index (χ2n) is 7.81. The lowest BCUT2D eigenvalue weighted by Gasteiger charge is -2.37. The minimum atomic E-state index is -0.716. The summed E-state index contributed by atoms with van der Waals surface area (Å²) in [6.45, 7) is 7.05. The van der Waals surface area contributed by atoms with Crippen LogP contribution in [-0.4, -0.2) is 59.3 Å². The maximum Gasteiger partial charge on any atom is 0.321 e. The van der Waals surface area contributed by atoms with Crippen LogP contribution in [0.3, 0.4) is 0 Å². The Balaban J connectivity index is 1.42. The van der Waals surface area contributed by atoms with Gasteiger partial charge in [-0.25, -0.2) is 4.79 Å². The molecule has 2 N–H and O–H groups in total. The van der Waals surface area contributed by atoms with Gasteiger partial charge in [-0.05, 0) is 32.0 Å². The third-order valence-corrected chi connectivity index (χ3v) is 4.90. The third-order valence-electron chi connectivity index (χ3n) is 4.90. The fraction of sp³-hybridized carbons (Fsp3) is 0.381. The maximum absolute atomic E-state index is 12.6. The molecule has 6 nitrogen and oxygen atoms in total. The zero-order chi connectivity index (χ0) is 19.0. The van der Waals surface area contributed by atoms with Gasteiger partial charge in [0.15, 0.2) is 0 Å². The van der Waals surface area contributed by atoms with E-state index in [4.69, 9.17) is 4.42 Å². The summed E-state index contributed by atoms with van der Waals surface area (Å²) in [7, 11) is 0. The predicted octanol–water partition coefficient (Wildman–Crippen LogP) is 3.51. The average molecular weight is 367 g/mol. The maximum atomic E-state index is 12.6. The Bertz CT molecular complexity index is 966. The highest BCUT2D eigenvalue weighted by Gasteiger charge is 2.25. The van der Waals surface area contributed by atoms with Crippen LogP contribution >= 0.6 is 0 Å². The van der Waals surface area contributed by atoms with Crippen molar-refractivity contribution in [1.82, 2.24) is 9.80 Å². The van der Waals surface area contributed by atoms with Crippen LogP contribution in [0.4, 0.5) is 10.5 Å². The molecule has 1 aromatic heterocycles. The molecular formula is C21H25N3O3. The number of para-hydroxylation sites is 1. The van der Waals surface area contributed by atoms with E-state index in [1.165, 1.54) is 0 Å². The van der Waals surface area contributed by atoms with E-state index in [1.54, 1.807) is 13.8 Å². The Hall–Kier alpha value is -2.57. The number of benzene rings is 2. The third kappa shape index (κ3) is 3.91. The summed E-state index contributed by atoms with van der Waals surface area (Å²) in [4.78, 5) is 16.6. The number of β-amino-alcohol motifs (C(OH)–C–C–N with tert-alkyl or cyclic N) is 1. The number of rotatable bonds is 3. The molecular weight excluding hydrogens is 342 g/mol. The molecule has 2 amide bonds. The van der Waals surface area contributed by atoms with Crippen LogP contribution in [0.5, 0.6) is 0 Å². The Morgan fingerprint density at radius 1 is 1.07 bits per heavy atom. The highest BCUT2D eigenvalue weighted by Crippen LogP contribution is 2.30. The normalized spacial score (nSPS) is 16.2. The molecule has 1 saturated heterocycles. The number of hydrogen-bond acceptors (Lipinski definition) is 4. The van der Waals surface area contributed by atoms with Gasteiger partial charge >= 0.3 is 6.03 Å². The Labute approximate surface area is 158 Å². The van der Waals surface area contributed by atoms with Crippen molar-refractivity contribution in [3.05, 3.63) is 42.5 Å². The van der Waals surface area contributed by atoms with Crippen LogP contribution in [0.15, 0.2) is 46.9 Å². The number of fused-ring (bicyclic) bond motifs is 3. The molecule has 2 heterocycles. The van der Waals surface area contributed by atoms with Gasteiger partial charge in [0.2, 0.25) is 0 Å². The Morgan fingerprint density at radius 2 is 1.78 bits per heavy atom. The number of nitrogens with one attached hydrogen (secondary N) is 1. The molecule has 4 rings (SSSR count). The number of anilines is 1. The number of nitrogens with zero attached hydrogens (tertiary/aromatic N) is 2. The van der Waals surface area contributed by atoms with Crippen molar-refractivity contribution in [2.45, 2.75) is 19.4 Å². The first-order valence-corrected chi connectivity index (χ1v) is 9.31. The molecule has 27 heavy (non-hydrogen) atoms. The molecule has 0 bridgehead atoms. The Morgan fingerprint density at radius 3 is 2.52 bits per heavy atom. The molecule has 0 spiro atoms. The molecule has 3 aromatic rings. The van der Waals surface area contributed by atoms with Gasteiger partial charge in [-0.3, -0.25) is 4.90 Å². The number of carbonyl (C=O) groups is 1.